The monoisotopic (exact) mass is 464 g/mol. The summed E-state index contributed by atoms with van der Waals surface area (Å²) in [6.45, 7) is 6.81. The summed E-state index contributed by atoms with van der Waals surface area (Å²) in [5, 5.41) is 3.75. The van der Waals surface area contributed by atoms with E-state index in [2.05, 4.69) is 46.3 Å². The van der Waals surface area contributed by atoms with E-state index in [0.717, 1.165) is 61.5 Å². The smallest absolute Gasteiger partial charge is 0.350 e. The minimum atomic E-state index is -0.446. The second-order valence-corrected chi connectivity index (χ2v) is 9.77. The third kappa shape index (κ3) is 4.58. The van der Waals surface area contributed by atoms with Crippen LogP contribution in [0.3, 0.4) is 0 Å². The highest BCUT2D eigenvalue weighted by Crippen LogP contribution is 2.38. The Morgan fingerprint density at radius 3 is 2.58 bits per heavy atom. The van der Waals surface area contributed by atoms with Gasteiger partial charge in [0, 0.05) is 49.7 Å². The van der Waals surface area contributed by atoms with Crippen LogP contribution in [-0.4, -0.2) is 55.0 Å². The van der Waals surface area contributed by atoms with Crippen molar-refractivity contribution in [3.8, 4) is 0 Å². The SMILES string of the molecule is COC(=O)c1sc2nc(CN3CCN(c4ccccc4C)CC3)ccc2c1NC(=O)C1CC1. The van der Waals surface area contributed by atoms with Crippen molar-refractivity contribution in [1.82, 2.24) is 9.88 Å². The number of amides is 1. The van der Waals surface area contributed by atoms with Crippen LogP contribution in [0.25, 0.3) is 10.2 Å². The number of thiophene rings is 1. The first-order valence-corrected chi connectivity index (χ1v) is 12.2. The fraction of sp³-hybridized carbons (Fsp3) is 0.400. The summed E-state index contributed by atoms with van der Waals surface area (Å²) in [7, 11) is 1.36. The summed E-state index contributed by atoms with van der Waals surface area (Å²) in [5.74, 6) is -0.426. The van der Waals surface area contributed by atoms with Gasteiger partial charge in [-0.2, -0.15) is 0 Å². The van der Waals surface area contributed by atoms with E-state index in [-0.39, 0.29) is 11.8 Å². The van der Waals surface area contributed by atoms with Crippen molar-refractivity contribution in [2.24, 2.45) is 5.92 Å². The number of nitrogens with one attached hydrogen (secondary N) is 1. The molecular formula is C25H28N4O3S. The maximum absolute atomic E-state index is 12.4. The van der Waals surface area contributed by atoms with E-state index in [1.54, 1.807) is 0 Å². The second-order valence-electron chi connectivity index (χ2n) is 8.77. The number of fused-ring (bicyclic) bond motifs is 1. The molecule has 5 rings (SSSR count). The third-order valence-electron chi connectivity index (χ3n) is 6.39. The van der Waals surface area contributed by atoms with Gasteiger partial charge in [-0.05, 0) is 43.5 Å². The lowest BCUT2D eigenvalue weighted by atomic mass is 10.1. The summed E-state index contributed by atoms with van der Waals surface area (Å²) in [6, 6.07) is 12.5. The average Bonchev–Trinajstić information content (AvgIpc) is 3.62. The van der Waals surface area contributed by atoms with E-state index >= 15 is 0 Å². The predicted molar refractivity (Wildman–Crippen MR) is 131 cm³/mol. The number of anilines is 2. The normalized spacial score (nSPS) is 16.7. The minimum absolute atomic E-state index is 0.0320. The van der Waals surface area contributed by atoms with Gasteiger partial charge in [-0.15, -0.1) is 11.3 Å². The summed E-state index contributed by atoms with van der Waals surface area (Å²) >= 11 is 1.28. The number of carbonyl (C=O) groups is 2. The maximum atomic E-state index is 12.4. The number of pyridine rings is 1. The Kier molecular flexibility index (Phi) is 6.03. The fourth-order valence-electron chi connectivity index (χ4n) is 4.33. The van der Waals surface area contributed by atoms with Crippen molar-refractivity contribution < 1.29 is 14.3 Å². The molecule has 2 aromatic heterocycles. The number of methoxy groups -OCH3 is 1. The molecule has 1 saturated carbocycles. The van der Waals surface area contributed by atoms with Gasteiger partial charge in [0.25, 0.3) is 0 Å². The molecular weight excluding hydrogens is 436 g/mol. The van der Waals surface area contributed by atoms with Gasteiger partial charge in [-0.25, -0.2) is 9.78 Å². The van der Waals surface area contributed by atoms with Crippen molar-refractivity contribution in [2.45, 2.75) is 26.3 Å². The molecule has 1 N–H and O–H groups in total. The van der Waals surface area contributed by atoms with Gasteiger partial charge in [-0.3, -0.25) is 9.69 Å². The van der Waals surface area contributed by atoms with Gasteiger partial charge >= 0.3 is 5.97 Å². The van der Waals surface area contributed by atoms with Crippen LogP contribution >= 0.6 is 11.3 Å². The highest BCUT2D eigenvalue weighted by atomic mass is 32.1. The summed E-state index contributed by atoms with van der Waals surface area (Å²) in [5.41, 5.74) is 4.11. The number of hydrogen-bond donors (Lipinski definition) is 1. The molecule has 3 aromatic rings. The fourth-order valence-corrected chi connectivity index (χ4v) is 5.40. The van der Waals surface area contributed by atoms with Gasteiger partial charge in [-0.1, -0.05) is 18.2 Å². The van der Waals surface area contributed by atoms with E-state index in [1.165, 1.54) is 29.7 Å². The Bertz CT molecular complexity index is 1200. The molecule has 1 aliphatic heterocycles. The molecule has 0 unspecified atom stereocenters. The number of esters is 1. The molecule has 0 spiro atoms. The topological polar surface area (TPSA) is 74.8 Å². The van der Waals surface area contributed by atoms with E-state index in [1.807, 2.05) is 12.1 Å². The zero-order chi connectivity index (χ0) is 22.9. The standard InChI is InChI=1S/C25H28N4O3S/c1-16-5-3-4-6-20(16)29-13-11-28(12-14-29)15-18-9-10-19-21(27-23(30)17-7-8-17)22(25(31)32-2)33-24(19)26-18/h3-6,9-10,17H,7-8,11-15H2,1-2H3,(H,27,30). The Hall–Kier alpha value is -2.97. The molecule has 2 fully saturated rings. The number of aromatic nitrogens is 1. The van der Waals surface area contributed by atoms with Gasteiger partial charge in [0.2, 0.25) is 5.91 Å². The third-order valence-corrected chi connectivity index (χ3v) is 7.47. The van der Waals surface area contributed by atoms with E-state index in [0.29, 0.717) is 10.6 Å². The number of carbonyl (C=O) groups excluding carboxylic acids is 2. The zero-order valence-electron chi connectivity index (χ0n) is 19.0. The van der Waals surface area contributed by atoms with Gasteiger partial charge in [0.15, 0.2) is 0 Å². The molecule has 0 bridgehead atoms. The van der Waals surface area contributed by atoms with Crippen LogP contribution < -0.4 is 10.2 Å². The molecule has 0 radical (unpaired) electrons. The van der Waals surface area contributed by atoms with Crippen molar-refractivity contribution in [2.75, 3.05) is 43.5 Å². The van der Waals surface area contributed by atoms with Gasteiger partial charge < -0.3 is 15.0 Å². The first kappa shape index (κ1) is 21.9. The number of ether oxygens (including phenoxy) is 1. The summed E-state index contributed by atoms with van der Waals surface area (Å²) in [6.07, 6.45) is 1.81. The lowest BCUT2D eigenvalue weighted by molar-refractivity contribution is -0.117. The van der Waals surface area contributed by atoms with Crippen LogP contribution in [-0.2, 0) is 16.1 Å². The molecule has 1 aliphatic carbocycles. The van der Waals surface area contributed by atoms with Crippen molar-refractivity contribution in [3.63, 3.8) is 0 Å². The van der Waals surface area contributed by atoms with E-state index < -0.39 is 5.97 Å². The predicted octanol–water partition coefficient (Wildman–Crippen LogP) is 4.06. The molecule has 172 valence electrons. The average molecular weight is 465 g/mol. The quantitative estimate of drug-likeness (QED) is 0.555. The Morgan fingerprint density at radius 2 is 1.88 bits per heavy atom. The molecule has 7 nitrogen and oxygen atoms in total. The Morgan fingerprint density at radius 1 is 1.12 bits per heavy atom. The van der Waals surface area contributed by atoms with Crippen LogP contribution in [0, 0.1) is 12.8 Å². The number of nitrogens with zero attached hydrogens (tertiary/aromatic N) is 3. The maximum Gasteiger partial charge on any atom is 0.350 e. The van der Waals surface area contributed by atoms with Crippen LogP contribution in [0.4, 0.5) is 11.4 Å². The molecule has 1 saturated heterocycles. The molecule has 1 aromatic carbocycles. The second kappa shape index (κ2) is 9.11. The first-order chi connectivity index (χ1) is 16.0. The van der Waals surface area contributed by atoms with Gasteiger partial charge in [0.1, 0.15) is 9.71 Å². The van der Waals surface area contributed by atoms with Crippen LogP contribution in [0.1, 0.15) is 33.8 Å². The van der Waals surface area contributed by atoms with Crippen LogP contribution in [0.15, 0.2) is 36.4 Å². The number of benzene rings is 1. The van der Waals surface area contributed by atoms with Gasteiger partial charge in [0.05, 0.1) is 18.5 Å². The van der Waals surface area contributed by atoms with Crippen LogP contribution in [0.2, 0.25) is 0 Å². The molecule has 8 heteroatoms. The highest BCUT2D eigenvalue weighted by molar-refractivity contribution is 7.21. The Labute approximate surface area is 197 Å². The number of rotatable bonds is 6. The summed E-state index contributed by atoms with van der Waals surface area (Å²) < 4.78 is 4.95. The lowest BCUT2D eigenvalue weighted by Gasteiger charge is -2.36. The minimum Gasteiger partial charge on any atom is -0.465 e. The number of para-hydroxylation sites is 1. The van der Waals surface area contributed by atoms with E-state index in [9.17, 15) is 9.59 Å². The molecule has 1 amide bonds. The van der Waals surface area contributed by atoms with Crippen molar-refractivity contribution in [1.29, 1.82) is 0 Å². The summed E-state index contributed by atoms with van der Waals surface area (Å²) in [4.78, 5) is 35.5. The van der Waals surface area contributed by atoms with Crippen molar-refractivity contribution >= 4 is 44.8 Å². The molecule has 33 heavy (non-hydrogen) atoms. The Balaban J connectivity index is 1.31. The number of hydrogen-bond acceptors (Lipinski definition) is 7. The molecule has 0 atom stereocenters. The van der Waals surface area contributed by atoms with Crippen LogP contribution in [0.5, 0.6) is 0 Å². The van der Waals surface area contributed by atoms with E-state index in [4.69, 9.17) is 9.72 Å². The highest BCUT2D eigenvalue weighted by Gasteiger charge is 2.32. The lowest BCUT2D eigenvalue weighted by Crippen LogP contribution is -2.46. The zero-order valence-corrected chi connectivity index (χ0v) is 19.8. The molecule has 2 aliphatic rings. The first-order valence-electron chi connectivity index (χ1n) is 11.4. The number of aryl methyl sites for hydroxylation is 1. The number of piperazine rings is 1. The molecule has 3 heterocycles. The largest absolute Gasteiger partial charge is 0.465 e. The van der Waals surface area contributed by atoms with Crippen molar-refractivity contribution in [3.05, 3.63) is 52.5 Å².